The van der Waals surface area contributed by atoms with Gasteiger partial charge in [0.05, 0.1) is 24.2 Å². The molecule has 2 aliphatic carbocycles. The van der Waals surface area contributed by atoms with Crippen molar-refractivity contribution in [2.75, 3.05) is 12.9 Å². The van der Waals surface area contributed by atoms with Gasteiger partial charge >= 0.3 is 6.09 Å². The van der Waals surface area contributed by atoms with Crippen molar-refractivity contribution < 1.29 is 19.7 Å². The zero-order valence-electron chi connectivity index (χ0n) is 12.4. The lowest BCUT2D eigenvalue weighted by Gasteiger charge is -2.40. The molecular weight excluding hydrogens is 314 g/mol. The summed E-state index contributed by atoms with van der Waals surface area (Å²) in [6.45, 7) is 0. The van der Waals surface area contributed by atoms with Crippen LogP contribution in [0.25, 0.3) is 0 Å². The van der Waals surface area contributed by atoms with Gasteiger partial charge in [0.25, 0.3) is 0 Å². The Morgan fingerprint density at radius 3 is 3.04 bits per heavy atom. The van der Waals surface area contributed by atoms with Crippen molar-refractivity contribution in [1.29, 1.82) is 0 Å². The molecule has 1 unspecified atom stereocenters. The molecule has 0 saturated heterocycles. The van der Waals surface area contributed by atoms with Crippen LogP contribution in [0, 0.1) is 23.7 Å². The first kappa shape index (κ1) is 15.8. The number of carbonyl (C=O) groups is 1. The summed E-state index contributed by atoms with van der Waals surface area (Å²) in [6, 6.07) is 0. The molecule has 6 heteroatoms. The SMILES string of the molecule is COC(=O)NC1=C2C3=CCS[C@H]2C#C/C=C\C#C[C@]3(O)CC1O. The molecule has 0 fully saturated rings. The summed E-state index contributed by atoms with van der Waals surface area (Å²) in [6.07, 6.45) is 3.33. The lowest BCUT2D eigenvalue weighted by atomic mass is 9.75. The van der Waals surface area contributed by atoms with Crippen LogP contribution < -0.4 is 5.32 Å². The average molecular weight is 329 g/mol. The molecule has 3 aliphatic rings. The van der Waals surface area contributed by atoms with E-state index >= 15 is 0 Å². The summed E-state index contributed by atoms with van der Waals surface area (Å²) in [5, 5.41) is 23.7. The molecule has 0 aromatic rings. The second-order valence-corrected chi connectivity index (χ2v) is 6.38. The van der Waals surface area contributed by atoms with Gasteiger partial charge in [0, 0.05) is 17.7 Å². The maximum Gasteiger partial charge on any atom is 0.411 e. The first-order valence-electron chi connectivity index (χ1n) is 7.06. The number of allylic oxidation sites excluding steroid dienone is 2. The highest BCUT2D eigenvalue weighted by molar-refractivity contribution is 8.00. The van der Waals surface area contributed by atoms with Crippen LogP contribution in [0.1, 0.15) is 6.42 Å². The Morgan fingerprint density at radius 1 is 1.48 bits per heavy atom. The lowest BCUT2D eigenvalue weighted by Crippen LogP contribution is -2.47. The maximum absolute atomic E-state index is 11.6. The molecule has 5 nitrogen and oxygen atoms in total. The second-order valence-electron chi connectivity index (χ2n) is 5.25. The molecule has 0 aromatic carbocycles. The number of ether oxygens (including phenoxy) is 1. The number of aliphatic hydroxyl groups excluding tert-OH is 1. The van der Waals surface area contributed by atoms with Crippen LogP contribution >= 0.6 is 11.8 Å². The molecule has 0 saturated carbocycles. The van der Waals surface area contributed by atoms with Crippen molar-refractivity contribution in [3.05, 3.63) is 35.1 Å². The third-order valence-electron chi connectivity index (χ3n) is 3.83. The maximum atomic E-state index is 11.6. The monoisotopic (exact) mass is 329 g/mol. The number of hydrogen-bond acceptors (Lipinski definition) is 5. The van der Waals surface area contributed by atoms with Crippen LogP contribution in [-0.4, -0.2) is 46.1 Å². The summed E-state index contributed by atoms with van der Waals surface area (Å²) in [5.41, 5.74) is 0.0872. The average Bonchev–Trinajstić information content (AvgIpc) is 2.53. The van der Waals surface area contributed by atoms with Crippen molar-refractivity contribution in [3.63, 3.8) is 0 Å². The molecule has 23 heavy (non-hydrogen) atoms. The predicted molar refractivity (Wildman–Crippen MR) is 87.2 cm³/mol. The number of alkyl carbamates (subject to hydrolysis) is 1. The lowest BCUT2D eigenvalue weighted by molar-refractivity contribution is 0.0624. The van der Waals surface area contributed by atoms with Gasteiger partial charge < -0.3 is 14.9 Å². The number of methoxy groups -OCH3 is 1. The van der Waals surface area contributed by atoms with E-state index in [4.69, 9.17) is 0 Å². The van der Waals surface area contributed by atoms with E-state index in [0.717, 1.165) is 0 Å². The number of carbonyl (C=O) groups excluding carboxylic acids is 1. The van der Waals surface area contributed by atoms with Crippen LogP contribution in [0.2, 0.25) is 0 Å². The Labute approximate surface area is 138 Å². The Kier molecular flexibility index (Phi) is 4.23. The van der Waals surface area contributed by atoms with Gasteiger partial charge in [-0.05, 0) is 17.7 Å². The van der Waals surface area contributed by atoms with E-state index in [1.54, 1.807) is 23.9 Å². The predicted octanol–water partition coefficient (Wildman–Crippen LogP) is 0.711. The molecule has 3 rings (SSSR count). The first-order valence-corrected chi connectivity index (χ1v) is 8.11. The molecule has 1 aliphatic heterocycles. The fourth-order valence-corrected chi connectivity index (χ4v) is 3.85. The Morgan fingerprint density at radius 2 is 2.26 bits per heavy atom. The highest BCUT2D eigenvalue weighted by Gasteiger charge is 2.45. The minimum absolute atomic E-state index is 0.0205. The van der Waals surface area contributed by atoms with Gasteiger partial charge in [-0.2, -0.15) is 0 Å². The van der Waals surface area contributed by atoms with Crippen molar-refractivity contribution in [3.8, 4) is 23.7 Å². The van der Waals surface area contributed by atoms with Crippen molar-refractivity contribution in [2.24, 2.45) is 0 Å². The van der Waals surface area contributed by atoms with Crippen LogP contribution in [0.4, 0.5) is 4.79 Å². The Bertz CT molecular complexity index is 759. The molecule has 3 N–H and O–H groups in total. The summed E-state index contributed by atoms with van der Waals surface area (Å²) in [7, 11) is 1.25. The van der Waals surface area contributed by atoms with E-state index < -0.39 is 17.8 Å². The Balaban J connectivity index is 2.21. The zero-order valence-corrected chi connectivity index (χ0v) is 13.2. The molecule has 0 aromatic heterocycles. The van der Waals surface area contributed by atoms with Crippen molar-refractivity contribution in [1.82, 2.24) is 5.32 Å². The molecule has 1 heterocycles. The van der Waals surface area contributed by atoms with Gasteiger partial charge in [0.2, 0.25) is 0 Å². The van der Waals surface area contributed by atoms with E-state index in [-0.39, 0.29) is 11.7 Å². The number of nitrogens with one attached hydrogen (secondary N) is 1. The second kappa shape index (κ2) is 6.17. The minimum Gasteiger partial charge on any atom is -0.453 e. The van der Waals surface area contributed by atoms with E-state index in [1.807, 2.05) is 6.08 Å². The molecule has 0 radical (unpaired) electrons. The van der Waals surface area contributed by atoms with Crippen LogP contribution in [0.3, 0.4) is 0 Å². The molecule has 4 bridgehead atoms. The Hall–Kier alpha value is -2.12. The van der Waals surface area contributed by atoms with Gasteiger partial charge in [-0.1, -0.05) is 29.8 Å². The van der Waals surface area contributed by atoms with E-state index in [9.17, 15) is 15.0 Å². The zero-order chi connectivity index (χ0) is 16.4. The van der Waals surface area contributed by atoms with Crippen LogP contribution in [-0.2, 0) is 4.74 Å². The van der Waals surface area contributed by atoms with E-state index in [1.165, 1.54) is 7.11 Å². The van der Waals surface area contributed by atoms with Gasteiger partial charge in [-0.3, -0.25) is 5.32 Å². The third kappa shape index (κ3) is 2.89. The number of thioether (sulfide) groups is 1. The fourth-order valence-electron chi connectivity index (χ4n) is 2.82. The number of hydrogen-bond donors (Lipinski definition) is 3. The van der Waals surface area contributed by atoms with Gasteiger partial charge in [0.1, 0.15) is 0 Å². The topological polar surface area (TPSA) is 78.8 Å². The first-order chi connectivity index (χ1) is 11.0. The van der Waals surface area contributed by atoms with Gasteiger partial charge in [-0.15, -0.1) is 11.8 Å². The van der Waals surface area contributed by atoms with Crippen LogP contribution in [0.15, 0.2) is 35.1 Å². The highest BCUT2D eigenvalue weighted by atomic mass is 32.2. The molecule has 118 valence electrons. The number of aliphatic hydroxyl groups is 2. The van der Waals surface area contributed by atoms with Crippen molar-refractivity contribution in [2.45, 2.75) is 23.4 Å². The van der Waals surface area contributed by atoms with E-state index in [0.29, 0.717) is 22.6 Å². The van der Waals surface area contributed by atoms with Gasteiger partial charge in [0.15, 0.2) is 5.60 Å². The quantitative estimate of drug-likeness (QED) is 0.618. The normalized spacial score (nSPS) is 32.4. The third-order valence-corrected chi connectivity index (χ3v) is 4.87. The van der Waals surface area contributed by atoms with Crippen LogP contribution in [0.5, 0.6) is 0 Å². The highest BCUT2D eigenvalue weighted by Crippen LogP contribution is 2.44. The minimum atomic E-state index is -1.46. The molecular formula is C17H15NO4S. The fraction of sp³-hybridized carbons (Fsp3) is 0.353. The summed E-state index contributed by atoms with van der Waals surface area (Å²) >= 11 is 1.56. The largest absolute Gasteiger partial charge is 0.453 e. The molecule has 1 amide bonds. The van der Waals surface area contributed by atoms with E-state index in [2.05, 4.69) is 33.7 Å². The summed E-state index contributed by atoms with van der Waals surface area (Å²) in [5.74, 6) is 12.2. The summed E-state index contributed by atoms with van der Waals surface area (Å²) < 4.78 is 4.63. The number of amides is 1. The van der Waals surface area contributed by atoms with Crippen molar-refractivity contribution >= 4 is 17.9 Å². The van der Waals surface area contributed by atoms with Gasteiger partial charge in [-0.25, -0.2) is 4.79 Å². The smallest absolute Gasteiger partial charge is 0.411 e. The molecule has 0 spiro atoms. The standard InChI is InChI=1S/C17H15NO4S/c1-22-16(20)18-15-12(19)10-17(21)8-5-3-2-4-6-13-14(15)11(17)7-9-23-13/h2-3,7,12-13,19,21H,9-10H2,1H3,(H,18,20)/b3-2-/t12?,13-,17-/m0/s1. The number of rotatable bonds is 1. The summed E-state index contributed by atoms with van der Waals surface area (Å²) in [4.78, 5) is 11.6. The molecule has 3 atom stereocenters.